The number of nitrogens with zero attached hydrogens (tertiary/aromatic N) is 1. The van der Waals surface area contributed by atoms with Crippen LogP contribution in [0.3, 0.4) is 0 Å². The van der Waals surface area contributed by atoms with Gasteiger partial charge in [-0.05, 0) is 12.0 Å². The summed E-state index contributed by atoms with van der Waals surface area (Å²) in [5, 5.41) is 9.28. The number of likely N-dealkylation sites (tertiary alicyclic amines) is 1. The van der Waals surface area contributed by atoms with Crippen molar-refractivity contribution in [1.82, 2.24) is 4.90 Å². The molecule has 2 atom stereocenters. The Morgan fingerprint density at radius 3 is 2.67 bits per heavy atom. The highest BCUT2D eigenvalue weighted by molar-refractivity contribution is 5.73. The number of carboxylic acids is 1. The minimum absolute atomic E-state index is 0.0114. The maximum absolute atomic E-state index is 12.0. The summed E-state index contributed by atoms with van der Waals surface area (Å²) in [6.45, 7) is 4.29. The fraction of sp³-hybridized carbons (Fsp3) is 0.375. The van der Waals surface area contributed by atoms with Gasteiger partial charge in [0, 0.05) is 19.0 Å². The van der Waals surface area contributed by atoms with Crippen LogP contribution in [0.25, 0.3) is 0 Å². The van der Waals surface area contributed by atoms with E-state index >= 15 is 0 Å². The van der Waals surface area contributed by atoms with Gasteiger partial charge in [0.15, 0.2) is 0 Å². The third-order valence-corrected chi connectivity index (χ3v) is 3.65. The molecule has 1 aromatic carbocycles. The van der Waals surface area contributed by atoms with E-state index in [0.29, 0.717) is 13.0 Å². The van der Waals surface area contributed by atoms with Crippen molar-refractivity contribution in [3.8, 4) is 0 Å². The van der Waals surface area contributed by atoms with E-state index in [0.717, 1.165) is 5.56 Å². The average molecular weight is 289 g/mol. The normalized spacial score (nSPS) is 21.6. The van der Waals surface area contributed by atoms with Crippen molar-refractivity contribution in [2.24, 2.45) is 5.92 Å². The summed E-state index contributed by atoms with van der Waals surface area (Å²) in [6, 6.07) is 9.67. The van der Waals surface area contributed by atoms with Crippen molar-refractivity contribution in [1.29, 1.82) is 0 Å². The molecule has 112 valence electrons. The number of hydrogen-bond donors (Lipinski definition) is 1. The zero-order valence-electron chi connectivity index (χ0n) is 11.8. The highest BCUT2D eigenvalue weighted by atomic mass is 16.6. The Balaban J connectivity index is 2.13. The summed E-state index contributed by atoms with van der Waals surface area (Å²) in [7, 11) is 0. The van der Waals surface area contributed by atoms with Crippen molar-refractivity contribution < 1.29 is 19.4 Å². The number of ether oxygens (including phenoxy) is 1. The molecule has 5 heteroatoms. The molecule has 0 saturated carbocycles. The van der Waals surface area contributed by atoms with E-state index in [9.17, 15) is 14.7 Å². The van der Waals surface area contributed by atoms with Crippen LogP contribution in [0.2, 0.25) is 0 Å². The maximum Gasteiger partial charge on any atom is 0.410 e. The van der Waals surface area contributed by atoms with E-state index in [1.165, 1.54) is 11.0 Å². The number of benzene rings is 1. The molecule has 1 fully saturated rings. The summed E-state index contributed by atoms with van der Waals surface area (Å²) in [5.41, 5.74) is 1.05. The lowest BCUT2D eigenvalue weighted by Gasteiger charge is -2.35. The second-order valence-corrected chi connectivity index (χ2v) is 5.15. The van der Waals surface area contributed by atoms with Crippen LogP contribution in [0.15, 0.2) is 43.0 Å². The van der Waals surface area contributed by atoms with Gasteiger partial charge in [0.2, 0.25) is 0 Å². The summed E-state index contributed by atoms with van der Waals surface area (Å²) >= 11 is 0. The Bertz CT molecular complexity index is 514. The molecule has 1 N–H and O–H groups in total. The van der Waals surface area contributed by atoms with Crippen LogP contribution in [0, 0.1) is 5.92 Å². The number of rotatable bonds is 4. The fourth-order valence-corrected chi connectivity index (χ4v) is 2.62. The summed E-state index contributed by atoms with van der Waals surface area (Å²) < 4.78 is 5.02. The monoisotopic (exact) mass is 289 g/mol. The Hall–Kier alpha value is -2.30. The second kappa shape index (κ2) is 6.92. The minimum atomic E-state index is -0.878. The second-order valence-electron chi connectivity index (χ2n) is 5.15. The zero-order valence-corrected chi connectivity index (χ0v) is 11.8. The molecular formula is C16H19NO4. The molecule has 1 saturated heterocycles. The molecule has 1 amide bonds. The highest BCUT2D eigenvalue weighted by Gasteiger charge is 2.34. The van der Waals surface area contributed by atoms with Crippen molar-refractivity contribution in [2.75, 3.05) is 19.7 Å². The maximum atomic E-state index is 12.0. The lowest BCUT2D eigenvalue weighted by molar-refractivity contribution is -0.143. The van der Waals surface area contributed by atoms with Gasteiger partial charge < -0.3 is 14.7 Å². The van der Waals surface area contributed by atoms with Gasteiger partial charge in [-0.1, -0.05) is 43.0 Å². The zero-order chi connectivity index (χ0) is 15.2. The third-order valence-electron chi connectivity index (χ3n) is 3.65. The van der Waals surface area contributed by atoms with Crippen LogP contribution in [0.1, 0.15) is 17.9 Å². The molecule has 1 heterocycles. The SMILES string of the molecule is C=CCOC(=O)N1CC(C(=O)O)CC(c2ccccc2)C1. The molecule has 2 unspecified atom stereocenters. The van der Waals surface area contributed by atoms with E-state index in [-0.39, 0.29) is 19.1 Å². The van der Waals surface area contributed by atoms with Gasteiger partial charge in [-0.15, -0.1) is 0 Å². The number of amides is 1. The van der Waals surface area contributed by atoms with Gasteiger partial charge in [0.25, 0.3) is 0 Å². The number of aliphatic carboxylic acids is 1. The molecule has 2 rings (SSSR count). The highest BCUT2D eigenvalue weighted by Crippen LogP contribution is 2.30. The van der Waals surface area contributed by atoms with Gasteiger partial charge in [0.1, 0.15) is 6.61 Å². The summed E-state index contributed by atoms with van der Waals surface area (Å²) in [6.07, 6.45) is 1.54. The lowest BCUT2D eigenvalue weighted by atomic mass is 9.85. The van der Waals surface area contributed by atoms with Crippen LogP contribution in [-0.4, -0.2) is 41.8 Å². The van der Waals surface area contributed by atoms with E-state index in [1.807, 2.05) is 30.3 Å². The topological polar surface area (TPSA) is 66.8 Å². The predicted molar refractivity (Wildman–Crippen MR) is 78.0 cm³/mol. The first kappa shape index (κ1) is 15.1. The van der Waals surface area contributed by atoms with Crippen molar-refractivity contribution in [3.05, 3.63) is 48.6 Å². The molecule has 0 aliphatic carbocycles. The first-order valence-electron chi connectivity index (χ1n) is 6.92. The largest absolute Gasteiger partial charge is 0.481 e. The quantitative estimate of drug-likeness (QED) is 0.865. The number of piperidine rings is 1. The fourth-order valence-electron chi connectivity index (χ4n) is 2.62. The molecule has 0 bridgehead atoms. The number of carbonyl (C=O) groups excluding carboxylic acids is 1. The molecule has 0 spiro atoms. The summed E-state index contributed by atoms with van der Waals surface area (Å²) in [4.78, 5) is 24.8. The molecule has 1 aromatic rings. The lowest BCUT2D eigenvalue weighted by Crippen LogP contribution is -2.45. The van der Waals surface area contributed by atoms with Crippen LogP contribution in [0.5, 0.6) is 0 Å². The Morgan fingerprint density at radius 1 is 1.33 bits per heavy atom. The van der Waals surface area contributed by atoms with E-state index in [4.69, 9.17) is 4.74 Å². The van der Waals surface area contributed by atoms with Crippen LogP contribution >= 0.6 is 0 Å². The smallest absolute Gasteiger partial charge is 0.410 e. The van der Waals surface area contributed by atoms with Crippen LogP contribution < -0.4 is 0 Å². The predicted octanol–water partition coefficient (Wildman–Crippen LogP) is 2.50. The molecular weight excluding hydrogens is 270 g/mol. The minimum Gasteiger partial charge on any atom is -0.481 e. The Morgan fingerprint density at radius 2 is 2.05 bits per heavy atom. The van der Waals surface area contributed by atoms with Crippen LogP contribution in [-0.2, 0) is 9.53 Å². The van der Waals surface area contributed by atoms with E-state index < -0.39 is 18.0 Å². The first-order valence-corrected chi connectivity index (χ1v) is 6.92. The van der Waals surface area contributed by atoms with Gasteiger partial charge in [-0.25, -0.2) is 4.79 Å². The number of carboxylic acid groups (broad SMARTS) is 1. The molecule has 0 aromatic heterocycles. The van der Waals surface area contributed by atoms with Gasteiger partial charge >= 0.3 is 12.1 Å². The molecule has 5 nitrogen and oxygen atoms in total. The van der Waals surface area contributed by atoms with E-state index in [1.54, 1.807) is 0 Å². The number of carbonyl (C=O) groups is 2. The van der Waals surface area contributed by atoms with Gasteiger partial charge in [-0.3, -0.25) is 4.79 Å². The van der Waals surface area contributed by atoms with Crippen molar-refractivity contribution in [3.63, 3.8) is 0 Å². The Labute approximate surface area is 123 Å². The van der Waals surface area contributed by atoms with Crippen molar-refractivity contribution >= 4 is 12.1 Å². The van der Waals surface area contributed by atoms with Gasteiger partial charge in [-0.2, -0.15) is 0 Å². The van der Waals surface area contributed by atoms with Crippen molar-refractivity contribution in [2.45, 2.75) is 12.3 Å². The number of hydrogen-bond acceptors (Lipinski definition) is 3. The molecule has 21 heavy (non-hydrogen) atoms. The average Bonchev–Trinajstić information content (AvgIpc) is 2.53. The van der Waals surface area contributed by atoms with E-state index in [2.05, 4.69) is 6.58 Å². The third kappa shape index (κ3) is 3.84. The van der Waals surface area contributed by atoms with Gasteiger partial charge in [0.05, 0.1) is 5.92 Å². The molecule has 1 aliphatic rings. The first-order chi connectivity index (χ1) is 10.1. The molecule has 0 radical (unpaired) electrons. The summed E-state index contributed by atoms with van der Waals surface area (Å²) in [5.74, 6) is -1.44. The molecule has 1 aliphatic heterocycles. The van der Waals surface area contributed by atoms with Crippen LogP contribution in [0.4, 0.5) is 4.79 Å². The Kier molecular flexibility index (Phi) is 4.98. The standard InChI is InChI=1S/C16H19NO4/c1-2-8-21-16(20)17-10-13(9-14(11-17)15(18)19)12-6-4-3-5-7-12/h2-7,13-14H,1,8-11H2,(H,18,19).